The van der Waals surface area contributed by atoms with Crippen molar-refractivity contribution in [2.45, 2.75) is 46.6 Å². The van der Waals surface area contributed by atoms with Gasteiger partial charge in [-0.05, 0) is 54.3 Å². The fraction of sp³-hybridized carbons (Fsp3) is 0.370. The zero-order valence-corrected chi connectivity index (χ0v) is 20.0. The number of carbonyl (C=O) groups excluding carboxylic acids is 3. The molecule has 1 fully saturated rings. The van der Waals surface area contributed by atoms with Crippen molar-refractivity contribution in [3.05, 3.63) is 65.2 Å². The summed E-state index contributed by atoms with van der Waals surface area (Å²) < 4.78 is 10.9. The van der Waals surface area contributed by atoms with Gasteiger partial charge in [0.2, 0.25) is 0 Å². The van der Waals surface area contributed by atoms with Crippen LogP contribution in [0, 0.1) is 5.92 Å². The minimum atomic E-state index is -0.793. The number of hydrogen-bond donors (Lipinski definition) is 1. The highest BCUT2D eigenvalue weighted by molar-refractivity contribution is 6.46. The highest BCUT2D eigenvalue weighted by Crippen LogP contribution is 2.40. The molecule has 1 N–H and O–H groups in total. The molecule has 2 aromatic rings. The molecule has 0 aliphatic carbocycles. The molecule has 7 nitrogen and oxygen atoms in total. The molecular weight excluding hydrogens is 434 g/mol. The van der Waals surface area contributed by atoms with E-state index in [9.17, 15) is 19.5 Å². The van der Waals surface area contributed by atoms with Gasteiger partial charge in [0.15, 0.2) is 0 Å². The highest BCUT2D eigenvalue weighted by atomic mass is 16.5. The number of ketones is 1. The predicted molar refractivity (Wildman–Crippen MR) is 128 cm³/mol. The van der Waals surface area contributed by atoms with Crippen LogP contribution in [0.25, 0.3) is 5.76 Å². The number of nitrogens with zero attached hydrogens (tertiary/aromatic N) is 1. The molecule has 7 heteroatoms. The molecule has 1 aliphatic heterocycles. The summed E-state index contributed by atoms with van der Waals surface area (Å²) in [6, 6.07) is 12.7. The third-order valence-corrected chi connectivity index (χ3v) is 5.44. The van der Waals surface area contributed by atoms with E-state index >= 15 is 0 Å². The van der Waals surface area contributed by atoms with Gasteiger partial charge in [0, 0.05) is 19.0 Å². The van der Waals surface area contributed by atoms with Crippen LogP contribution in [-0.2, 0) is 14.4 Å². The zero-order valence-electron chi connectivity index (χ0n) is 20.0. The Morgan fingerprint density at radius 3 is 2.41 bits per heavy atom. The molecule has 0 saturated carbocycles. The molecule has 0 bridgehead atoms. The van der Waals surface area contributed by atoms with Crippen LogP contribution in [0.3, 0.4) is 0 Å². The van der Waals surface area contributed by atoms with Crippen LogP contribution in [-0.4, -0.2) is 40.8 Å². The van der Waals surface area contributed by atoms with E-state index in [1.165, 1.54) is 11.8 Å². The fourth-order valence-corrected chi connectivity index (χ4v) is 3.83. The van der Waals surface area contributed by atoms with E-state index < -0.39 is 23.7 Å². The summed E-state index contributed by atoms with van der Waals surface area (Å²) in [4.78, 5) is 38.9. The lowest BCUT2D eigenvalue weighted by atomic mass is 9.95. The number of ether oxygens (including phenoxy) is 2. The Kier molecular flexibility index (Phi) is 8.10. The fourth-order valence-electron chi connectivity index (χ4n) is 3.83. The van der Waals surface area contributed by atoms with Gasteiger partial charge in [0.1, 0.15) is 17.3 Å². The maximum absolute atomic E-state index is 13.1. The second-order valence-corrected chi connectivity index (χ2v) is 8.74. The van der Waals surface area contributed by atoms with Crippen molar-refractivity contribution in [2.75, 3.05) is 13.2 Å². The SMILES string of the molecule is CCCCN1C(=O)C(=O)/C(=C(\O)c2ccc(OCC(C)C)cc2)C1c1cccc(OC(C)=O)c1. The van der Waals surface area contributed by atoms with Gasteiger partial charge in [0.25, 0.3) is 11.7 Å². The van der Waals surface area contributed by atoms with Gasteiger partial charge in [-0.1, -0.05) is 39.3 Å². The number of likely N-dealkylation sites (tertiary alicyclic amines) is 1. The Morgan fingerprint density at radius 1 is 1.09 bits per heavy atom. The van der Waals surface area contributed by atoms with Crippen LogP contribution in [0.4, 0.5) is 0 Å². The molecule has 1 saturated heterocycles. The van der Waals surface area contributed by atoms with Crippen LogP contribution in [0.15, 0.2) is 54.1 Å². The first-order valence-corrected chi connectivity index (χ1v) is 11.5. The molecule has 1 aliphatic rings. The Morgan fingerprint density at radius 2 is 1.79 bits per heavy atom. The first-order valence-electron chi connectivity index (χ1n) is 11.5. The first-order chi connectivity index (χ1) is 16.2. The number of aliphatic hydroxyl groups excluding tert-OH is 1. The van der Waals surface area contributed by atoms with Gasteiger partial charge in [-0.3, -0.25) is 14.4 Å². The summed E-state index contributed by atoms with van der Waals surface area (Å²) in [5, 5.41) is 11.2. The number of rotatable bonds is 9. The van der Waals surface area contributed by atoms with Crippen molar-refractivity contribution in [1.82, 2.24) is 4.90 Å². The average molecular weight is 466 g/mol. The average Bonchev–Trinajstić information content (AvgIpc) is 3.06. The lowest BCUT2D eigenvalue weighted by molar-refractivity contribution is -0.139. The quantitative estimate of drug-likeness (QED) is 0.187. The second kappa shape index (κ2) is 11.0. The van der Waals surface area contributed by atoms with E-state index in [1.54, 1.807) is 48.5 Å². The molecule has 3 rings (SSSR count). The minimum Gasteiger partial charge on any atom is -0.507 e. The molecule has 180 valence electrons. The largest absolute Gasteiger partial charge is 0.507 e. The Hall–Kier alpha value is -3.61. The third kappa shape index (κ3) is 5.65. The van der Waals surface area contributed by atoms with E-state index in [0.29, 0.717) is 48.1 Å². The van der Waals surface area contributed by atoms with E-state index in [4.69, 9.17) is 9.47 Å². The topological polar surface area (TPSA) is 93.1 Å². The van der Waals surface area contributed by atoms with Crippen LogP contribution >= 0.6 is 0 Å². The molecule has 0 aromatic heterocycles. The Balaban J connectivity index is 2.05. The third-order valence-electron chi connectivity index (χ3n) is 5.44. The molecule has 0 radical (unpaired) electrons. The number of Topliss-reactive ketones (excluding diaryl/α,β-unsaturated/α-hetero) is 1. The monoisotopic (exact) mass is 465 g/mol. The van der Waals surface area contributed by atoms with Crippen molar-refractivity contribution in [2.24, 2.45) is 5.92 Å². The summed E-state index contributed by atoms with van der Waals surface area (Å²) in [6.07, 6.45) is 1.54. The molecule has 1 unspecified atom stereocenters. The first kappa shape index (κ1) is 25.0. The molecule has 1 amide bonds. The highest BCUT2D eigenvalue weighted by Gasteiger charge is 2.45. The zero-order chi connectivity index (χ0) is 24.8. The van der Waals surface area contributed by atoms with Gasteiger partial charge in [-0.2, -0.15) is 0 Å². The standard InChI is InChI=1S/C27H31NO6/c1-5-6-14-28-24(20-8-7-9-22(15-20)34-18(4)29)23(26(31)27(28)32)25(30)19-10-12-21(13-11-19)33-16-17(2)3/h7-13,15,17,24,30H,5-6,14,16H2,1-4H3/b25-23-. The maximum atomic E-state index is 13.1. The number of benzene rings is 2. The van der Waals surface area contributed by atoms with Crippen LogP contribution in [0.1, 0.15) is 57.7 Å². The maximum Gasteiger partial charge on any atom is 0.308 e. The number of carbonyl (C=O) groups is 3. The van der Waals surface area contributed by atoms with Gasteiger partial charge >= 0.3 is 5.97 Å². The van der Waals surface area contributed by atoms with Gasteiger partial charge in [0.05, 0.1) is 18.2 Å². The number of unbranched alkanes of at least 4 members (excludes halogenated alkanes) is 1. The van der Waals surface area contributed by atoms with Gasteiger partial charge in [-0.25, -0.2) is 0 Å². The summed E-state index contributed by atoms with van der Waals surface area (Å²) >= 11 is 0. The van der Waals surface area contributed by atoms with Gasteiger partial charge < -0.3 is 19.5 Å². The van der Waals surface area contributed by atoms with Gasteiger partial charge in [-0.15, -0.1) is 0 Å². The Labute approximate surface area is 200 Å². The van der Waals surface area contributed by atoms with Crippen molar-refractivity contribution in [3.8, 4) is 11.5 Å². The summed E-state index contributed by atoms with van der Waals surface area (Å²) in [5.41, 5.74) is 0.996. The lowest BCUT2D eigenvalue weighted by Gasteiger charge is -2.25. The van der Waals surface area contributed by atoms with E-state index in [0.717, 1.165) is 6.42 Å². The van der Waals surface area contributed by atoms with E-state index in [-0.39, 0.29) is 11.3 Å². The van der Waals surface area contributed by atoms with Crippen molar-refractivity contribution >= 4 is 23.4 Å². The molecular formula is C27H31NO6. The molecule has 34 heavy (non-hydrogen) atoms. The number of hydrogen-bond acceptors (Lipinski definition) is 6. The molecule has 1 heterocycles. The van der Waals surface area contributed by atoms with Crippen molar-refractivity contribution < 1.29 is 29.0 Å². The summed E-state index contributed by atoms with van der Waals surface area (Å²) in [6.45, 7) is 8.32. The second-order valence-electron chi connectivity index (χ2n) is 8.74. The summed E-state index contributed by atoms with van der Waals surface area (Å²) in [5.74, 6) is -0.800. The normalized spacial score (nSPS) is 17.3. The number of esters is 1. The molecule has 0 spiro atoms. The van der Waals surface area contributed by atoms with E-state index in [2.05, 4.69) is 0 Å². The number of aliphatic hydroxyl groups is 1. The van der Waals surface area contributed by atoms with E-state index in [1.807, 2.05) is 20.8 Å². The number of amides is 1. The van der Waals surface area contributed by atoms with Crippen LogP contribution in [0.2, 0.25) is 0 Å². The smallest absolute Gasteiger partial charge is 0.308 e. The minimum absolute atomic E-state index is 0.0110. The molecule has 1 atom stereocenters. The molecule has 2 aromatic carbocycles. The van der Waals surface area contributed by atoms with Crippen molar-refractivity contribution in [1.29, 1.82) is 0 Å². The summed E-state index contributed by atoms with van der Waals surface area (Å²) in [7, 11) is 0. The van der Waals surface area contributed by atoms with Crippen molar-refractivity contribution in [3.63, 3.8) is 0 Å². The van der Waals surface area contributed by atoms with Crippen LogP contribution < -0.4 is 9.47 Å². The lowest BCUT2D eigenvalue weighted by Crippen LogP contribution is -2.30. The van der Waals surface area contributed by atoms with Crippen LogP contribution in [0.5, 0.6) is 11.5 Å². The predicted octanol–water partition coefficient (Wildman–Crippen LogP) is 4.87. The Bertz CT molecular complexity index is 1090.